The summed E-state index contributed by atoms with van der Waals surface area (Å²) in [6.45, 7) is 6.55. The van der Waals surface area contributed by atoms with Gasteiger partial charge in [-0.1, -0.05) is 11.3 Å². The van der Waals surface area contributed by atoms with Crippen molar-refractivity contribution < 1.29 is 14.3 Å². The molecule has 4 rings (SSSR count). The zero-order valence-electron chi connectivity index (χ0n) is 18.7. The molecule has 0 aliphatic heterocycles. The summed E-state index contributed by atoms with van der Waals surface area (Å²) in [4.78, 5) is 49.8. The molecule has 3 heterocycles. The molecule has 0 radical (unpaired) electrons. The first kappa shape index (κ1) is 22.9. The highest BCUT2D eigenvalue weighted by Crippen LogP contribution is 2.31. The summed E-state index contributed by atoms with van der Waals surface area (Å²) >= 11 is 2.50. The number of nitrogens with one attached hydrogen (secondary N) is 1. The lowest BCUT2D eigenvalue weighted by atomic mass is 10.2. The maximum Gasteiger partial charge on any atom is 0.267 e. The van der Waals surface area contributed by atoms with E-state index in [0.29, 0.717) is 44.6 Å². The highest BCUT2D eigenvalue weighted by molar-refractivity contribution is 7.23. The van der Waals surface area contributed by atoms with Crippen LogP contribution in [0.15, 0.2) is 29.3 Å². The number of hydrogen-bond acceptors (Lipinski definition) is 8. The van der Waals surface area contributed by atoms with Crippen LogP contribution in [0.3, 0.4) is 0 Å². The van der Waals surface area contributed by atoms with Gasteiger partial charge in [-0.25, -0.2) is 9.97 Å². The summed E-state index contributed by atoms with van der Waals surface area (Å²) in [5.41, 5.74) is 0.933. The molecule has 172 valence electrons. The Morgan fingerprint density at radius 2 is 1.97 bits per heavy atom. The average molecular weight is 486 g/mol. The fraction of sp³-hybridized carbons (Fsp3) is 0.318. The zero-order chi connectivity index (χ0) is 23.7. The van der Waals surface area contributed by atoms with Gasteiger partial charge in [-0.15, -0.1) is 11.3 Å². The normalized spacial score (nSPS) is 11.2. The highest BCUT2D eigenvalue weighted by Gasteiger charge is 2.21. The van der Waals surface area contributed by atoms with Gasteiger partial charge >= 0.3 is 0 Å². The van der Waals surface area contributed by atoms with Crippen LogP contribution in [0.2, 0.25) is 0 Å². The fourth-order valence-corrected chi connectivity index (χ4v) is 5.43. The number of fused-ring (bicyclic) bond motifs is 2. The average Bonchev–Trinajstić information content (AvgIpc) is 3.36. The second kappa shape index (κ2) is 9.28. The van der Waals surface area contributed by atoms with Gasteiger partial charge in [0.25, 0.3) is 11.5 Å². The van der Waals surface area contributed by atoms with Crippen LogP contribution in [0.25, 0.3) is 20.4 Å². The molecule has 0 saturated heterocycles. The summed E-state index contributed by atoms with van der Waals surface area (Å²) in [7, 11) is 1.59. The van der Waals surface area contributed by atoms with Gasteiger partial charge in [0, 0.05) is 19.2 Å². The summed E-state index contributed by atoms with van der Waals surface area (Å²) in [6, 6.07) is 5.53. The number of rotatable bonds is 7. The number of carbonyl (C=O) groups excluding carboxylic acids is 2. The zero-order valence-corrected chi connectivity index (χ0v) is 20.3. The maximum atomic E-state index is 13.1. The van der Waals surface area contributed by atoms with E-state index in [1.54, 1.807) is 25.0 Å². The van der Waals surface area contributed by atoms with Gasteiger partial charge < -0.3 is 9.64 Å². The van der Waals surface area contributed by atoms with Crippen LogP contribution in [0, 0.1) is 6.92 Å². The van der Waals surface area contributed by atoms with Crippen molar-refractivity contribution >= 4 is 60.1 Å². The van der Waals surface area contributed by atoms with E-state index in [-0.39, 0.29) is 23.9 Å². The van der Waals surface area contributed by atoms with Gasteiger partial charge in [0.1, 0.15) is 17.1 Å². The Hall–Kier alpha value is -3.31. The molecule has 0 bridgehead atoms. The first-order valence-electron chi connectivity index (χ1n) is 10.4. The van der Waals surface area contributed by atoms with Gasteiger partial charge in [0.05, 0.1) is 33.9 Å². The van der Waals surface area contributed by atoms with Crippen molar-refractivity contribution in [1.82, 2.24) is 19.4 Å². The van der Waals surface area contributed by atoms with E-state index >= 15 is 0 Å². The van der Waals surface area contributed by atoms with Gasteiger partial charge in [-0.3, -0.25) is 24.3 Å². The van der Waals surface area contributed by atoms with Crippen molar-refractivity contribution in [1.29, 1.82) is 0 Å². The van der Waals surface area contributed by atoms with E-state index in [0.717, 1.165) is 21.6 Å². The third-order valence-electron chi connectivity index (χ3n) is 5.36. The largest absolute Gasteiger partial charge is 0.497 e. The molecule has 2 amide bonds. The summed E-state index contributed by atoms with van der Waals surface area (Å²) < 4.78 is 7.43. The number of nitrogens with zero attached hydrogens (tertiary/aromatic N) is 4. The Bertz CT molecular complexity index is 1420. The minimum atomic E-state index is -0.355. The van der Waals surface area contributed by atoms with E-state index in [1.165, 1.54) is 22.2 Å². The van der Waals surface area contributed by atoms with Crippen molar-refractivity contribution in [3.63, 3.8) is 0 Å². The lowest BCUT2D eigenvalue weighted by Crippen LogP contribution is -2.36. The Morgan fingerprint density at radius 3 is 2.67 bits per heavy atom. The number of thiophene rings is 1. The van der Waals surface area contributed by atoms with Crippen LogP contribution in [0.5, 0.6) is 5.75 Å². The molecule has 0 aliphatic rings. The van der Waals surface area contributed by atoms with E-state index in [2.05, 4.69) is 15.3 Å². The van der Waals surface area contributed by atoms with Gasteiger partial charge in [0.15, 0.2) is 5.13 Å². The number of thiazole rings is 1. The SMILES string of the molecule is CCN(CC)C(=O)Cn1cnc2sc(C(=O)Nc3nc4cc(OC)ccc4s3)c(C)c2c1=O. The Morgan fingerprint density at radius 1 is 1.21 bits per heavy atom. The number of anilines is 1. The van der Waals surface area contributed by atoms with Crippen molar-refractivity contribution in [2.45, 2.75) is 27.3 Å². The fourth-order valence-electron chi connectivity index (χ4n) is 3.55. The minimum Gasteiger partial charge on any atom is -0.497 e. The van der Waals surface area contributed by atoms with E-state index in [4.69, 9.17) is 4.74 Å². The van der Waals surface area contributed by atoms with Crippen molar-refractivity contribution in [3.05, 3.63) is 45.3 Å². The third-order valence-corrected chi connectivity index (χ3v) is 7.51. The summed E-state index contributed by atoms with van der Waals surface area (Å²) in [6.07, 6.45) is 1.37. The molecule has 0 atom stereocenters. The molecule has 0 unspecified atom stereocenters. The molecule has 0 fully saturated rings. The molecule has 4 aromatic rings. The van der Waals surface area contributed by atoms with Crippen LogP contribution in [-0.4, -0.2) is 51.4 Å². The number of aryl methyl sites for hydroxylation is 1. The van der Waals surface area contributed by atoms with Crippen LogP contribution >= 0.6 is 22.7 Å². The summed E-state index contributed by atoms with van der Waals surface area (Å²) in [5, 5.41) is 3.63. The molecule has 3 aromatic heterocycles. The molecule has 0 saturated carbocycles. The number of methoxy groups -OCH3 is 1. The van der Waals surface area contributed by atoms with Crippen LogP contribution < -0.4 is 15.6 Å². The first-order valence-corrected chi connectivity index (χ1v) is 12.0. The molecule has 1 N–H and O–H groups in total. The number of aromatic nitrogens is 3. The predicted molar refractivity (Wildman–Crippen MR) is 131 cm³/mol. The molecule has 11 heteroatoms. The molecular formula is C22H23N5O4S2. The monoisotopic (exact) mass is 485 g/mol. The smallest absolute Gasteiger partial charge is 0.267 e. The number of amides is 2. The minimum absolute atomic E-state index is 0.0879. The van der Waals surface area contributed by atoms with Gasteiger partial charge in [-0.05, 0) is 38.5 Å². The third kappa shape index (κ3) is 4.33. The van der Waals surface area contributed by atoms with Gasteiger partial charge in [-0.2, -0.15) is 0 Å². The van der Waals surface area contributed by atoms with Crippen molar-refractivity contribution in [2.24, 2.45) is 0 Å². The number of benzene rings is 1. The van der Waals surface area contributed by atoms with Crippen molar-refractivity contribution in [3.8, 4) is 5.75 Å². The maximum absolute atomic E-state index is 13.1. The topological polar surface area (TPSA) is 106 Å². The number of ether oxygens (including phenoxy) is 1. The highest BCUT2D eigenvalue weighted by atomic mass is 32.1. The van der Waals surface area contributed by atoms with Gasteiger partial charge in [0.2, 0.25) is 5.91 Å². The number of carbonyl (C=O) groups is 2. The molecule has 33 heavy (non-hydrogen) atoms. The van der Waals surface area contributed by atoms with Crippen LogP contribution in [0.4, 0.5) is 5.13 Å². The van der Waals surface area contributed by atoms with E-state index in [9.17, 15) is 14.4 Å². The number of hydrogen-bond donors (Lipinski definition) is 1. The molecule has 0 spiro atoms. The van der Waals surface area contributed by atoms with E-state index in [1.807, 2.05) is 26.0 Å². The molecule has 0 aliphatic carbocycles. The van der Waals surface area contributed by atoms with Crippen LogP contribution in [-0.2, 0) is 11.3 Å². The predicted octanol–water partition coefficient (Wildman–Crippen LogP) is 3.51. The van der Waals surface area contributed by atoms with E-state index < -0.39 is 0 Å². The second-order valence-corrected chi connectivity index (χ2v) is 9.32. The lowest BCUT2D eigenvalue weighted by Gasteiger charge is -2.18. The first-order chi connectivity index (χ1) is 15.9. The molecule has 9 nitrogen and oxygen atoms in total. The van der Waals surface area contributed by atoms with Crippen molar-refractivity contribution in [2.75, 3.05) is 25.5 Å². The Labute approximate surface area is 197 Å². The lowest BCUT2D eigenvalue weighted by molar-refractivity contribution is -0.131. The number of likely N-dealkylation sites (N-methyl/N-ethyl adjacent to an activating group) is 1. The summed E-state index contributed by atoms with van der Waals surface area (Å²) in [5.74, 6) is 0.182. The second-order valence-electron chi connectivity index (χ2n) is 7.29. The Balaban J connectivity index is 1.62. The molecule has 1 aromatic carbocycles. The quantitative estimate of drug-likeness (QED) is 0.429. The standard InChI is InChI=1S/C22H23N5O4S2/c1-5-26(6-2)16(28)10-27-11-23-20-17(21(27)30)12(3)18(33-20)19(29)25-22-24-14-9-13(31-4)7-8-15(14)32-22/h7-9,11H,5-6,10H2,1-4H3,(H,24,25,29). The Kier molecular flexibility index (Phi) is 6.43. The molecular weight excluding hydrogens is 462 g/mol. The van der Waals surface area contributed by atoms with Crippen LogP contribution in [0.1, 0.15) is 29.1 Å².